The number of nitrogens with zero attached hydrogens (tertiary/aromatic N) is 4. The van der Waals surface area contributed by atoms with Crippen molar-refractivity contribution in [2.24, 2.45) is 11.7 Å². The van der Waals surface area contributed by atoms with Crippen molar-refractivity contribution in [1.82, 2.24) is 19.9 Å². The number of allylic oxidation sites excluding steroid dienone is 2. The van der Waals surface area contributed by atoms with Crippen molar-refractivity contribution in [3.05, 3.63) is 60.7 Å². The third-order valence-corrected chi connectivity index (χ3v) is 3.54. The molecule has 0 saturated carbocycles. The molecule has 0 radical (unpaired) electrons. The van der Waals surface area contributed by atoms with Crippen LogP contribution in [0.5, 0.6) is 0 Å². The fourth-order valence-corrected chi connectivity index (χ4v) is 2.33. The van der Waals surface area contributed by atoms with Gasteiger partial charge in [-0.3, -0.25) is 0 Å². The monoisotopic (exact) mass is 265 g/mol. The van der Waals surface area contributed by atoms with Crippen LogP contribution in [-0.4, -0.2) is 26.0 Å². The Morgan fingerprint density at radius 3 is 2.05 bits per heavy atom. The first kappa shape index (κ1) is 12.6. The van der Waals surface area contributed by atoms with Gasteiger partial charge in [-0.25, -0.2) is 19.9 Å². The lowest BCUT2D eigenvalue weighted by molar-refractivity contribution is 0.643. The van der Waals surface area contributed by atoms with Gasteiger partial charge in [0.25, 0.3) is 0 Å². The van der Waals surface area contributed by atoms with Crippen LogP contribution < -0.4 is 5.73 Å². The fraction of sp³-hybridized carbons (Fsp3) is 0.200. The zero-order valence-electron chi connectivity index (χ0n) is 11.1. The molecule has 0 aromatic carbocycles. The zero-order chi connectivity index (χ0) is 13.9. The van der Waals surface area contributed by atoms with Crippen LogP contribution in [0, 0.1) is 5.92 Å². The largest absolute Gasteiger partial charge is 0.324 e. The first-order valence-corrected chi connectivity index (χ1v) is 6.45. The molecule has 100 valence electrons. The maximum atomic E-state index is 6.23. The highest BCUT2D eigenvalue weighted by Gasteiger charge is 2.22. The lowest BCUT2D eigenvalue weighted by Gasteiger charge is -2.26. The van der Waals surface area contributed by atoms with Gasteiger partial charge in [0, 0.05) is 47.9 Å². The van der Waals surface area contributed by atoms with Crippen LogP contribution in [-0.2, 0) is 0 Å². The Balaban J connectivity index is 2.05. The lowest BCUT2D eigenvalue weighted by Crippen LogP contribution is -2.29. The summed E-state index contributed by atoms with van der Waals surface area (Å²) in [6, 6.07) is -0.0505. The second-order valence-corrected chi connectivity index (χ2v) is 4.84. The minimum Gasteiger partial charge on any atom is -0.324 e. The van der Waals surface area contributed by atoms with Crippen LogP contribution in [0.15, 0.2) is 49.6 Å². The Hall–Kier alpha value is -2.40. The summed E-state index contributed by atoms with van der Waals surface area (Å²) in [5.41, 5.74) is 10.4. The number of aromatic nitrogens is 4. The Kier molecular flexibility index (Phi) is 3.35. The third-order valence-electron chi connectivity index (χ3n) is 3.54. The number of hydrogen-bond donors (Lipinski definition) is 1. The summed E-state index contributed by atoms with van der Waals surface area (Å²) < 4.78 is 0. The van der Waals surface area contributed by atoms with Crippen molar-refractivity contribution in [3.8, 4) is 0 Å². The molecule has 2 aromatic heterocycles. The normalized spacial score (nSPS) is 22.1. The summed E-state index contributed by atoms with van der Waals surface area (Å²) in [5, 5.41) is 0. The van der Waals surface area contributed by atoms with Crippen LogP contribution >= 0.6 is 0 Å². The molecule has 2 N–H and O–H groups in total. The van der Waals surface area contributed by atoms with Crippen LogP contribution in [0.1, 0.15) is 18.1 Å². The molecule has 2 heterocycles. The number of nitrogens with two attached hydrogens (primary N) is 1. The highest BCUT2D eigenvalue weighted by molar-refractivity contribution is 5.86. The third kappa shape index (κ3) is 2.35. The molecule has 1 aliphatic carbocycles. The van der Waals surface area contributed by atoms with Crippen LogP contribution in [0.4, 0.5) is 0 Å². The van der Waals surface area contributed by atoms with Crippen molar-refractivity contribution < 1.29 is 0 Å². The summed E-state index contributed by atoms with van der Waals surface area (Å²) in [7, 11) is 0. The molecule has 0 aliphatic heterocycles. The van der Waals surface area contributed by atoms with Crippen molar-refractivity contribution in [2.75, 3.05) is 0 Å². The summed E-state index contributed by atoms with van der Waals surface area (Å²) in [4.78, 5) is 16.3. The van der Waals surface area contributed by atoms with Gasteiger partial charge in [-0.2, -0.15) is 0 Å². The average Bonchev–Trinajstić information content (AvgIpc) is 2.51. The van der Waals surface area contributed by atoms with E-state index in [1.807, 2.05) is 12.4 Å². The molecular weight excluding hydrogens is 250 g/mol. The second-order valence-electron chi connectivity index (χ2n) is 4.84. The quantitative estimate of drug-likeness (QED) is 0.894. The molecule has 2 aromatic rings. The van der Waals surface area contributed by atoms with Gasteiger partial charge in [-0.05, 0) is 11.1 Å². The van der Waals surface area contributed by atoms with Crippen LogP contribution in [0.3, 0.4) is 0 Å². The molecule has 1 aliphatic rings. The molecule has 0 saturated heterocycles. The van der Waals surface area contributed by atoms with Gasteiger partial charge in [0.1, 0.15) is 12.7 Å². The summed E-state index contributed by atoms with van der Waals surface area (Å²) in [5.74, 6) is 0.217. The van der Waals surface area contributed by atoms with Gasteiger partial charge in [0.05, 0.1) is 0 Å². The van der Waals surface area contributed by atoms with Crippen LogP contribution in [0.2, 0.25) is 0 Å². The minimum absolute atomic E-state index is 0.0505. The topological polar surface area (TPSA) is 77.6 Å². The standard InChI is InChI=1S/C15H15N5/c1-10-14(13-6-19-9-20-7-13)2-11(3-15(10)16)12-4-17-8-18-5-12/h2-10,15H,16H2,1H3. The van der Waals surface area contributed by atoms with E-state index in [1.54, 1.807) is 12.4 Å². The molecule has 0 fully saturated rings. The van der Waals surface area contributed by atoms with Gasteiger partial charge in [-0.15, -0.1) is 0 Å². The van der Waals surface area contributed by atoms with Gasteiger partial charge >= 0.3 is 0 Å². The predicted octanol–water partition coefficient (Wildman–Crippen LogP) is 1.71. The van der Waals surface area contributed by atoms with Gasteiger partial charge < -0.3 is 5.73 Å². The highest BCUT2D eigenvalue weighted by atomic mass is 14.8. The SMILES string of the molecule is CC1C(c2cncnc2)=CC(c2cncnc2)=CC1N. The van der Waals surface area contributed by atoms with Crippen LogP contribution in [0.25, 0.3) is 11.1 Å². The predicted molar refractivity (Wildman–Crippen MR) is 77.2 cm³/mol. The molecule has 2 atom stereocenters. The van der Waals surface area contributed by atoms with Gasteiger partial charge in [0.15, 0.2) is 0 Å². The molecule has 3 rings (SSSR count). The van der Waals surface area contributed by atoms with Crippen molar-refractivity contribution in [2.45, 2.75) is 13.0 Å². The molecular formula is C15H15N5. The fourth-order valence-electron chi connectivity index (χ4n) is 2.33. The van der Waals surface area contributed by atoms with E-state index >= 15 is 0 Å². The molecule has 0 amide bonds. The summed E-state index contributed by atoms with van der Waals surface area (Å²) in [6.45, 7) is 2.11. The minimum atomic E-state index is -0.0505. The van der Waals surface area contributed by atoms with E-state index in [0.29, 0.717) is 0 Å². The smallest absolute Gasteiger partial charge is 0.115 e. The van der Waals surface area contributed by atoms with E-state index < -0.39 is 0 Å². The Bertz CT molecular complexity index is 648. The van der Waals surface area contributed by atoms with Crippen molar-refractivity contribution in [1.29, 1.82) is 0 Å². The van der Waals surface area contributed by atoms with Crippen molar-refractivity contribution in [3.63, 3.8) is 0 Å². The Morgan fingerprint density at radius 2 is 1.45 bits per heavy atom. The second kappa shape index (κ2) is 5.30. The van der Waals surface area contributed by atoms with Gasteiger partial charge in [0.2, 0.25) is 0 Å². The number of rotatable bonds is 2. The van der Waals surface area contributed by atoms with E-state index in [9.17, 15) is 0 Å². The highest BCUT2D eigenvalue weighted by Crippen LogP contribution is 2.33. The maximum Gasteiger partial charge on any atom is 0.115 e. The Morgan fingerprint density at radius 1 is 0.900 bits per heavy atom. The van der Waals surface area contributed by atoms with E-state index in [-0.39, 0.29) is 12.0 Å². The number of hydrogen-bond acceptors (Lipinski definition) is 5. The average molecular weight is 265 g/mol. The molecule has 5 heteroatoms. The molecule has 0 bridgehead atoms. The lowest BCUT2D eigenvalue weighted by atomic mass is 9.82. The molecule has 20 heavy (non-hydrogen) atoms. The summed E-state index contributed by atoms with van der Waals surface area (Å²) in [6.07, 6.45) is 14.4. The van der Waals surface area contributed by atoms with Crippen molar-refractivity contribution >= 4 is 11.1 Å². The van der Waals surface area contributed by atoms with E-state index in [1.165, 1.54) is 12.7 Å². The van der Waals surface area contributed by atoms with Gasteiger partial charge in [-0.1, -0.05) is 19.1 Å². The Labute approximate surface area is 117 Å². The molecule has 5 nitrogen and oxygen atoms in total. The van der Waals surface area contributed by atoms with E-state index in [4.69, 9.17) is 5.73 Å². The zero-order valence-corrected chi connectivity index (χ0v) is 11.1. The first-order valence-electron chi connectivity index (χ1n) is 6.45. The maximum absolute atomic E-state index is 6.23. The van der Waals surface area contributed by atoms with E-state index in [2.05, 4.69) is 39.0 Å². The molecule has 2 unspecified atom stereocenters. The van der Waals surface area contributed by atoms with E-state index in [0.717, 1.165) is 22.3 Å². The first-order chi connectivity index (χ1) is 9.75. The summed E-state index contributed by atoms with van der Waals surface area (Å²) >= 11 is 0. The molecule has 0 spiro atoms.